The Bertz CT molecular complexity index is 1280. The van der Waals surface area contributed by atoms with Gasteiger partial charge in [-0.25, -0.2) is 13.8 Å². The lowest BCUT2D eigenvalue weighted by Gasteiger charge is -2.17. The molecule has 0 spiro atoms. The third-order valence-corrected chi connectivity index (χ3v) is 7.42. The molecule has 0 radical (unpaired) electrons. The van der Waals surface area contributed by atoms with Crippen LogP contribution in [0.2, 0.25) is 0 Å². The molecule has 0 aliphatic heterocycles. The van der Waals surface area contributed by atoms with Gasteiger partial charge in [0.2, 0.25) is 10.0 Å². The molecule has 6 nitrogen and oxygen atoms in total. The van der Waals surface area contributed by atoms with Crippen molar-refractivity contribution in [3.63, 3.8) is 0 Å². The lowest BCUT2D eigenvalue weighted by atomic mass is 10.0. The molecule has 0 saturated heterocycles. The summed E-state index contributed by atoms with van der Waals surface area (Å²) in [7, 11) is -2.05. The Morgan fingerprint density at radius 1 is 0.879 bits per heavy atom. The summed E-state index contributed by atoms with van der Waals surface area (Å²) in [6, 6.07) is 19.6. The van der Waals surface area contributed by atoms with E-state index in [0.29, 0.717) is 11.3 Å². The number of aryl methyl sites for hydroxylation is 3. The zero-order chi connectivity index (χ0) is 24.2. The summed E-state index contributed by atoms with van der Waals surface area (Å²) >= 11 is 0. The predicted octanol–water partition coefficient (Wildman–Crippen LogP) is 4.59. The number of hydrogen-bond donors (Lipinski definition) is 1. The normalized spacial score (nSPS) is 12.1. The van der Waals surface area contributed by atoms with E-state index < -0.39 is 10.0 Å². The number of sulfonamides is 1. The van der Waals surface area contributed by atoms with E-state index in [9.17, 15) is 13.2 Å². The van der Waals surface area contributed by atoms with Crippen LogP contribution >= 0.6 is 0 Å². The smallest absolute Gasteiger partial charge is 0.267 e. The van der Waals surface area contributed by atoms with Crippen LogP contribution < -0.4 is 5.43 Å². The summed E-state index contributed by atoms with van der Waals surface area (Å²) in [5.74, 6) is -0.328. The minimum atomic E-state index is -3.59. The Morgan fingerprint density at radius 2 is 1.48 bits per heavy atom. The van der Waals surface area contributed by atoms with Gasteiger partial charge in [0.15, 0.2) is 0 Å². The molecular weight excluding hydrogens is 434 g/mol. The van der Waals surface area contributed by atoms with Crippen molar-refractivity contribution in [1.82, 2.24) is 9.73 Å². The highest BCUT2D eigenvalue weighted by Gasteiger charge is 2.20. The SMILES string of the molecule is CC(=NNC(=O)c1ccc(CN(C)S(=O)(=O)c2ccc(C)cc2)cc1)c1ccc(C)c(C)c1. The first-order valence-electron chi connectivity index (χ1n) is 10.6. The Morgan fingerprint density at radius 3 is 2.09 bits per heavy atom. The van der Waals surface area contributed by atoms with Crippen LogP contribution in [0.15, 0.2) is 76.7 Å². The summed E-state index contributed by atoms with van der Waals surface area (Å²) in [6.45, 7) is 8.04. The Labute approximate surface area is 196 Å². The third-order valence-electron chi connectivity index (χ3n) is 5.60. The number of benzene rings is 3. The van der Waals surface area contributed by atoms with Gasteiger partial charge in [0.05, 0.1) is 10.6 Å². The van der Waals surface area contributed by atoms with Crippen molar-refractivity contribution in [3.05, 3.63) is 100 Å². The molecule has 1 N–H and O–H groups in total. The van der Waals surface area contributed by atoms with Gasteiger partial charge < -0.3 is 0 Å². The minimum Gasteiger partial charge on any atom is -0.267 e. The molecular formula is C26H29N3O3S. The highest BCUT2D eigenvalue weighted by atomic mass is 32.2. The lowest BCUT2D eigenvalue weighted by molar-refractivity contribution is 0.0955. The topological polar surface area (TPSA) is 78.8 Å². The van der Waals surface area contributed by atoms with E-state index in [-0.39, 0.29) is 17.3 Å². The summed E-state index contributed by atoms with van der Waals surface area (Å²) in [6.07, 6.45) is 0. The fraction of sp³-hybridized carbons (Fsp3) is 0.231. The van der Waals surface area contributed by atoms with E-state index in [0.717, 1.165) is 16.7 Å². The van der Waals surface area contributed by atoms with Crippen LogP contribution in [0, 0.1) is 20.8 Å². The van der Waals surface area contributed by atoms with Gasteiger partial charge in [0.25, 0.3) is 5.91 Å². The van der Waals surface area contributed by atoms with Crippen LogP contribution in [-0.4, -0.2) is 31.4 Å². The molecule has 0 saturated carbocycles. The fourth-order valence-electron chi connectivity index (χ4n) is 3.22. The Balaban J connectivity index is 1.65. The maximum atomic E-state index is 12.8. The van der Waals surface area contributed by atoms with E-state index in [1.165, 1.54) is 15.4 Å². The standard InChI is InChI=1S/C26H29N3O3S/c1-18-6-14-25(15-7-18)33(31,32)29(5)17-22-9-12-23(13-10-22)26(30)28-27-21(4)24-11-8-19(2)20(3)16-24/h6-16H,17H2,1-5H3,(H,28,30). The van der Waals surface area contributed by atoms with Gasteiger partial charge in [-0.3, -0.25) is 4.79 Å². The zero-order valence-corrected chi connectivity index (χ0v) is 20.4. The molecule has 33 heavy (non-hydrogen) atoms. The van der Waals surface area contributed by atoms with Crippen molar-refractivity contribution >= 4 is 21.6 Å². The highest BCUT2D eigenvalue weighted by Crippen LogP contribution is 2.18. The number of carbonyl (C=O) groups is 1. The van der Waals surface area contributed by atoms with Gasteiger partial charge in [-0.2, -0.15) is 9.41 Å². The van der Waals surface area contributed by atoms with Crippen LogP contribution in [0.3, 0.4) is 0 Å². The summed E-state index contributed by atoms with van der Waals surface area (Å²) < 4.78 is 26.8. The molecule has 3 aromatic carbocycles. The van der Waals surface area contributed by atoms with Crippen LogP contribution in [0.25, 0.3) is 0 Å². The lowest BCUT2D eigenvalue weighted by Crippen LogP contribution is -2.26. The number of nitrogens with zero attached hydrogens (tertiary/aromatic N) is 2. The molecule has 1 amide bonds. The van der Waals surface area contributed by atoms with E-state index in [1.807, 2.05) is 45.9 Å². The van der Waals surface area contributed by atoms with Crippen LogP contribution in [-0.2, 0) is 16.6 Å². The molecule has 0 aromatic heterocycles. The molecule has 0 aliphatic rings. The Kier molecular flexibility index (Phi) is 7.46. The first-order valence-corrected chi connectivity index (χ1v) is 12.1. The summed E-state index contributed by atoms with van der Waals surface area (Å²) in [5.41, 5.74) is 8.84. The molecule has 0 heterocycles. The molecule has 172 valence electrons. The first kappa shape index (κ1) is 24.4. The van der Waals surface area contributed by atoms with Gasteiger partial charge in [-0.05, 0) is 80.3 Å². The Hall–Kier alpha value is -3.29. The number of rotatable bonds is 7. The third kappa shape index (κ3) is 5.94. The van der Waals surface area contributed by atoms with Gasteiger partial charge in [-0.15, -0.1) is 0 Å². The second-order valence-corrected chi connectivity index (χ2v) is 10.3. The van der Waals surface area contributed by atoms with E-state index in [4.69, 9.17) is 0 Å². The number of carbonyl (C=O) groups excluding carboxylic acids is 1. The summed E-state index contributed by atoms with van der Waals surface area (Å²) in [5, 5.41) is 4.21. The molecule has 0 fully saturated rings. The number of nitrogens with one attached hydrogen (secondary N) is 1. The molecule has 3 aromatic rings. The van der Waals surface area contributed by atoms with Crippen LogP contribution in [0.4, 0.5) is 0 Å². The first-order chi connectivity index (χ1) is 15.6. The maximum absolute atomic E-state index is 12.8. The van der Waals surface area contributed by atoms with E-state index >= 15 is 0 Å². The predicted molar refractivity (Wildman–Crippen MR) is 132 cm³/mol. The summed E-state index contributed by atoms with van der Waals surface area (Å²) in [4.78, 5) is 12.7. The average molecular weight is 464 g/mol. The van der Waals surface area contributed by atoms with Gasteiger partial charge in [0.1, 0.15) is 0 Å². The van der Waals surface area contributed by atoms with Gasteiger partial charge in [0, 0.05) is 19.2 Å². The molecule has 0 aliphatic carbocycles. The van der Waals surface area contributed by atoms with Crippen molar-refractivity contribution in [2.75, 3.05) is 7.05 Å². The fourth-order valence-corrected chi connectivity index (χ4v) is 4.38. The molecule has 0 unspecified atom stereocenters. The molecule has 0 atom stereocenters. The monoisotopic (exact) mass is 463 g/mol. The number of hydrazone groups is 1. The highest BCUT2D eigenvalue weighted by molar-refractivity contribution is 7.89. The van der Waals surface area contributed by atoms with Crippen molar-refractivity contribution in [3.8, 4) is 0 Å². The van der Waals surface area contributed by atoms with Crippen molar-refractivity contribution < 1.29 is 13.2 Å². The quantitative estimate of drug-likeness (QED) is 0.411. The average Bonchev–Trinajstić information content (AvgIpc) is 2.79. The van der Waals surface area contributed by atoms with Crippen molar-refractivity contribution in [2.24, 2.45) is 5.10 Å². The van der Waals surface area contributed by atoms with E-state index in [1.54, 1.807) is 55.6 Å². The molecule has 3 rings (SSSR count). The largest absolute Gasteiger partial charge is 0.271 e. The van der Waals surface area contributed by atoms with Crippen molar-refractivity contribution in [2.45, 2.75) is 39.1 Å². The molecule has 7 heteroatoms. The molecule has 0 bridgehead atoms. The van der Waals surface area contributed by atoms with Gasteiger partial charge >= 0.3 is 0 Å². The van der Waals surface area contributed by atoms with Crippen LogP contribution in [0.1, 0.15) is 45.1 Å². The second kappa shape index (κ2) is 10.1. The van der Waals surface area contributed by atoms with Gasteiger partial charge in [-0.1, -0.05) is 42.0 Å². The maximum Gasteiger partial charge on any atom is 0.271 e. The van der Waals surface area contributed by atoms with Crippen LogP contribution in [0.5, 0.6) is 0 Å². The van der Waals surface area contributed by atoms with Crippen molar-refractivity contribution in [1.29, 1.82) is 0 Å². The second-order valence-electron chi connectivity index (χ2n) is 8.21. The number of amides is 1. The van der Waals surface area contributed by atoms with E-state index in [2.05, 4.69) is 10.5 Å². The minimum absolute atomic E-state index is 0.197. The number of hydrogen-bond acceptors (Lipinski definition) is 4. The zero-order valence-electron chi connectivity index (χ0n) is 19.6.